The number of rotatable bonds is 1. The van der Waals surface area contributed by atoms with Crippen LogP contribution in [0.2, 0.25) is 15.6 Å². The Morgan fingerprint density at radius 2 is 1.69 bits per heavy atom. The SMILES string of the molecule is COc1nc(Cl)c2c(Cl)nc(Cl)nc2c1F. The molecule has 0 saturated carbocycles. The highest BCUT2D eigenvalue weighted by Gasteiger charge is 2.18. The van der Waals surface area contributed by atoms with E-state index in [-0.39, 0.29) is 32.4 Å². The van der Waals surface area contributed by atoms with E-state index < -0.39 is 5.82 Å². The summed E-state index contributed by atoms with van der Waals surface area (Å²) >= 11 is 17.1. The highest BCUT2D eigenvalue weighted by molar-refractivity contribution is 6.41. The Morgan fingerprint density at radius 1 is 1.06 bits per heavy atom. The maximum atomic E-state index is 13.8. The molecule has 0 N–H and O–H groups in total. The van der Waals surface area contributed by atoms with Crippen LogP contribution < -0.4 is 4.74 Å². The number of hydrogen-bond donors (Lipinski definition) is 0. The van der Waals surface area contributed by atoms with Crippen LogP contribution in [0.3, 0.4) is 0 Å². The first-order valence-corrected chi connectivity index (χ1v) is 5.09. The van der Waals surface area contributed by atoms with Crippen molar-refractivity contribution < 1.29 is 9.13 Å². The molecule has 4 nitrogen and oxygen atoms in total. The normalized spacial score (nSPS) is 10.8. The molecule has 0 bridgehead atoms. The Bertz CT molecular complexity index is 578. The molecule has 0 aliphatic carbocycles. The van der Waals surface area contributed by atoms with Gasteiger partial charge in [0, 0.05) is 0 Å². The second kappa shape index (κ2) is 4.16. The lowest BCUT2D eigenvalue weighted by atomic mass is 10.3. The lowest BCUT2D eigenvalue weighted by molar-refractivity contribution is 0.371. The summed E-state index contributed by atoms with van der Waals surface area (Å²) in [5, 5.41) is -0.185. The van der Waals surface area contributed by atoms with Gasteiger partial charge in [0.05, 0.1) is 12.5 Å². The molecule has 0 radical (unpaired) electrons. The highest BCUT2D eigenvalue weighted by atomic mass is 35.5. The van der Waals surface area contributed by atoms with Crippen molar-refractivity contribution in [3.8, 4) is 5.88 Å². The van der Waals surface area contributed by atoms with E-state index in [1.54, 1.807) is 0 Å². The third-order valence-electron chi connectivity index (χ3n) is 1.83. The van der Waals surface area contributed by atoms with Gasteiger partial charge in [0.15, 0.2) is 0 Å². The molecule has 2 aromatic rings. The van der Waals surface area contributed by atoms with Gasteiger partial charge in [0.1, 0.15) is 15.8 Å². The number of methoxy groups -OCH3 is 1. The minimum atomic E-state index is -0.784. The third-order valence-corrected chi connectivity index (χ3v) is 2.55. The molecule has 0 spiro atoms. The third kappa shape index (κ3) is 1.75. The molecule has 2 heterocycles. The van der Waals surface area contributed by atoms with Crippen LogP contribution in [0.15, 0.2) is 0 Å². The number of nitrogens with zero attached hydrogens (tertiary/aromatic N) is 3. The fraction of sp³-hybridized carbons (Fsp3) is 0.125. The van der Waals surface area contributed by atoms with Crippen molar-refractivity contribution in [2.75, 3.05) is 7.11 Å². The molecule has 2 rings (SSSR count). The average molecular weight is 282 g/mol. The Labute approximate surface area is 104 Å². The molecule has 84 valence electrons. The van der Waals surface area contributed by atoms with E-state index in [1.807, 2.05) is 0 Å². The summed E-state index contributed by atoms with van der Waals surface area (Å²) in [4.78, 5) is 11.0. The van der Waals surface area contributed by atoms with Gasteiger partial charge in [0.25, 0.3) is 5.88 Å². The Kier molecular flexibility index (Phi) is 3.01. The van der Waals surface area contributed by atoms with Gasteiger partial charge >= 0.3 is 0 Å². The van der Waals surface area contributed by atoms with Crippen molar-refractivity contribution in [3.05, 3.63) is 21.4 Å². The van der Waals surface area contributed by atoms with Gasteiger partial charge in [-0.05, 0) is 11.6 Å². The molecule has 8 heteroatoms. The summed E-state index contributed by atoms with van der Waals surface area (Å²) in [5.41, 5.74) is -0.123. The van der Waals surface area contributed by atoms with Crippen LogP contribution in [-0.4, -0.2) is 22.1 Å². The molecular formula is C8H3Cl3FN3O. The van der Waals surface area contributed by atoms with E-state index in [0.717, 1.165) is 0 Å². The maximum absolute atomic E-state index is 13.8. The minimum Gasteiger partial charge on any atom is -0.479 e. The lowest BCUT2D eigenvalue weighted by Crippen LogP contribution is -1.98. The van der Waals surface area contributed by atoms with Crippen molar-refractivity contribution in [1.82, 2.24) is 15.0 Å². The monoisotopic (exact) mass is 281 g/mol. The van der Waals surface area contributed by atoms with E-state index >= 15 is 0 Å². The van der Waals surface area contributed by atoms with E-state index in [9.17, 15) is 4.39 Å². The summed E-state index contributed by atoms with van der Waals surface area (Å²) in [6, 6.07) is 0. The smallest absolute Gasteiger partial charge is 0.253 e. The topological polar surface area (TPSA) is 47.9 Å². The fourth-order valence-electron chi connectivity index (χ4n) is 1.18. The summed E-state index contributed by atoms with van der Waals surface area (Å²) in [6.45, 7) is 0. The van der Waals surface area contributed by atoms with Gasteiger partial charge < -0.3 is 4.74 Å². The highest BCUT2D eigenvalue weighted by Crippen LogP contribution is 2.32. The minimum absolute atomic E-state index is 0.0464. The van der Waals surface area contributed by atoms with Crippen LogP contribution in [0.4, 0.5) is 4.39 Å². The van der Waals surface area contributed by atoms with Gasteiger partial charge in [-0.25, -0.2) is 9.97 Å². The molecule has 0 atom stereocenters. The number of ether oxygens (including phenoxy) is 1. The summed E-state index contributed by atoms with van der Waals surface area (Å²) in [7, 11) is 1.26. The van der Waals surface area contributed by atoms with E-state index in [0.29, 0.717) is 0 Å². The molecule has 0 amide bonds. The number of aromatic nitrogens is 3. The summed E-state index contributed by atoms with van der Waals surface area (Å²) in [5.74, 6) is -1.06. The van der Waals surface area contributed by atoms with Gasteiger partial charge in [-0.2, -0.15) is 9.37 Å². The van der Waals surface area contributed by atoms with Crippen molar-refractivity contribution >= 4 is 45.7 Å². The zero-order valence-electron chi connectivity index (χ0n) is 7.76. The number of halogens is 4. The predicted molar refractivity (Wildman–Crippen MR) is 58.9 cm³/mol. The first-order valence-electron chi connectivity index (χ1n) is 3.96. The molecule has 2 aromatic heterocycles. The lowest BCUT2D eigenvalue weighted by Gasteiger charge is -2.06. The summed E-state index contributed by atoms with van der Waals surface area (Å²) < 4.78 is 18.5. The van der Waals surface area contributed by atoms with Gasteiger partial charge in [-0.3, -0.25) is 0 Å². The molecule has 0 aliphatic rings. The quantitative estimate of drug-likeness (QED) is 0.458. The standard InChI is InChI=1S/C8H3Cl3FN3O/c1-16-7-3(12)4-2(5(9)14-7)6(10)15-8(11)13-4/h1H3. The molecular weight excluding hydrogens is 279 g/mol. The second-order valence-corrected chi connectivity index (χ2v) is 3.79. The Hall–Kier alpha value is -0.910. The number of hydrogen-bond acceptors (Lipinski definition) is 4. The molecule has 0 fully saturated rings. The largest absolute Gasteiger partial charge is 0.479 e. The zero-order valence-corrected chi connectivity index (χ0v) is 10.0. The summed E-state index contributed by atoms with van der Waals surface area (Å²) in [6.07, 6.45) is 0. The van der Waals surface area contributed by atoms with Crippen molar-refractivity contribution in [2.24, 2.45) is 0 Å². The van der Waals surface area contributed by atoms with Gasteiger partial charge in [0.2, 0.25) is 11.1 Å². The Morgan fingerprint density at radius 3 is 2.31 bits per heavy atom. The molecule has 0 aliphatic heterocycles. The zero-order chi connectivity index (χ0) is 11.9. The number of fused-ring (bicyclic) bond motifs is 1. The van der Waals surface area contributed by atoms with Crippen LogP contribution in [0, 0.1) is 5.82 Å². The Balaban J connectivity index is 2.95. The first kappa shape index (κ1) is 11.6. The van der Waals surface area contributed by atoms with E-state index in [1.165, 1.54) is 7.11 Å². The fourth-order valence-corrected chi connectivity index (χ4v) is 1.96. The van der Waals surface area contributed by atoms with Crippen LogP contribution >= 0.6 is 34.8 Å². The molecule has 0 unspecified atom stereocenters. The van der Waals surface area contributed by atoms with E-state index in [4.69, 9.17) is 39.5 Å². The van der Waals surface area contributed by atoms with Crippen LogP contribution in [-0.2, 0) is 0 Å². The molecule has 16 heavy (non-hydrogen) atoms. The average Bonchev–Trinajstić information content (AvgIpc) is 2.22. The second-order valence-electron chi connectivity index (χ2n) is 2.73. The molecule has 0 aromatic carbocycles. The van der Waals surface area contributed by atoms with Gasteiger partial charge in [-0.15, -0.1) is 0 Å². The van der Waals surface area contributed by atoms with Crippen LogP contribution in [0.5, 0.6) is 5.88 Å². The molecule has 0 saturated heterocycles. The predicted octanol–water partition coefficient (Wildman–Crippen LogP) is 3.13. The van der Waals surface area contributed by atoms with E-state index in [2.05, 4.69) is 15.0 Å². The first-order chi connectivity index (χ1) is 7.54. The van der Waals surface area contributed by atoms with Crippen molar-refractivity contribution in [3.63, 3.8) is 0 Å². The van der Waals surface area contributed by atoms with Gasteiger partial charge in [-0.1, -0.05) is 23.2 Å². The van der Waals surface area contributed by atoms with Crippen molar-refractivity contribution in [2.45, 2.75) is 0 Å². The maximum Gasteiger partial charge on any atom is 0.253 e. The number of pyridine rings is 1. The van der Waals surface area contributed by atoms with Crippen LogP contribution in [0.25, 0.3) is 10.9 Å². The van der Waals surface area contributed by atoms with Crippen molar-refractivity contribution in [1.29, 1.82) is 0 Å². The van der Waals surface area contributed by atoms with Crippen LogP contribution in [0.1, 0.15) is 0 Å².